The first-order valence-electron chi connectivity index (χ1n) is 8.68. The summed E-state index contributed by atoms with van der Waals surface area (Å²) in [7, 11) is 0. The molecule has 2 atom stereocenters. The molecule has 2 heterocycles. The van der Waals surface area contributed by atoms with Gasteiger partial charge < -0.3 is 10.6 Å². The van der Waals surface area contributed by atoms with E-state index in [-0.39, 0.29) is 0 Å². The number of nitrogens with zero attached hydrogens (tertiary/aromatic N) is 3. The Labute approximate surface area is 137 Å². The number of benzene rings is 1. The van der Waals surface area contributed by atoms with Crippen LogP contribution in [0.2, 0.25) is 0 Å². The van der Waals surface area contributed by atoms with Gasteiger partial charge >= 0.3 is 0 Å². The van der Waals surface area contributed by atoms with Crippen LogP contribution in [0, 0.1) is 11.8 Å². The van der Waals surface area contributed by atoms with Crippen LogP contribution >= 0.6 is 0 Å². The van der Waals surface area contributed by atoms with Crippen molar-refractivity contribution < 1.29 is 0 Å². The molecular weight excluding hydrogens is 284 g/mol. The summed E-state index contributed by atoms with van der Waals surface area (Å²) >= 11 is 0. The normalized spacial score (nSPS) is 24.6. The molecule has 0 bridgehead atoms. The first-order valence-corrected chi connectivity index (χ1v) is 8.68. The van der Waals surface area contributed by atoms with Crippen LogP contribution in [-0.4, -0.2) is 23.1 Å². The van der Waals surface area contributed by atoms with E-state index in [0.29, 0.717) is 5.82 Å². The third-order valence-corrected chi connectivity index (χ3v) is 5.35. The van der Waals surface area contributed by atoms with Crippen LogP contribution in [0.3, 0.4) is 0 Å². The van der Waals surface area contributed by atoms with E-state index in [4.69, 9.17) is 5.73 Å². The van der Waals surface area contributed by atoms with Gasteiger partial charge in [0.05, 0.1) is 0 Å². The Hall–Kier alpha value is -2.10. The Balaban J connectivity index is 1.28. The van der Waals surface area contributed by atoms with Gasteiger partial charge in [0.25, 0.3) is 0 Å². The zero-order valence-electron chi connectivity index (χ0n) is 13.4. The van der Waals surface area contributed by atoms with Crippen LogP contribution in [0.1, 0.15) is 37.2 Å². The Kier molecular flexibility index (Phi) is 3.90. The van der Waals surface area contributed by atoms with Gasteiger partial charge in [-0.05, 0) is 55.1 Å². The number of nitrogens with two attached hydrogens (primary N) is 1. The lowest BCUT2D eigenvalue weighted by atomic mass is 9.90. The van der Waals surface area contributed by atoms with E-state index in [9.17, 15) is 0 Å². The standard InChI is InChI=1S/C19H24N4/c20-18-6-9-21-19(22-18)23-10-7-14(8-11-23)12-16-13-17(16)15-4-2-1-3-5-15/h1-6,9,14,16-17H,7-8,10-13H2,(H2,20,21,22)/t16-,17+/m0/s1. The number of rotatable bonds is 4. The van der Waals surface area contributed by atoms with Crippen LogP contribution in [0.4, 0.5) is 11.8 Å². The van der Waals surface area contributed by atoms with E-state index >= 15 is 0 Å². The number of hydrogen-bond acceptors (Lipinski definition) is 4. The van der Waals surface area contributed by atoms with Crippen molar-refractivity contribution in [3.8, 4) is 0 Å². The molecule has 0 unspecified atom stereocenters. The highest BCUT2D eigenvalue weighted by molar-refractivity contribution is 5.38. The molecule has 120 valence electrons. The highest BCUT2D eigenvalue weighted by atomic mass is 15.3. The Morgan fingerprint density at radius 1 is 1.09 bits per heavy atom. The zero-order valence-corrected chi connectivity index (χ0v) is 13.4. The van der Waals surface area contributed by atoms with Crippen LogP contribution in [0.25, 0.3) is 0 Å². The van der Waals surface area contributed by atoms with E-state index in [1.165, 1.54) is 31.2 Å². The largest absolute Gasteiger partial charge is 0.384 e. The van der Waals surface area contributed by atoms with Crippen molar-refractivity contribution in [2.24, 2.45) is 11.8 Å². The van der Waals surface area contributed by atoms with Gasteiger partial charge in [-0.1, -0.05) is 30.3 Å². The second-order valence-electron chi connectivity index (χ2n) is 6.96. The zero-order chi connectivity index (χ0) is 15.6. The second kappa shape index (κ2) is 6.19. The monoisotopic (exact) mass is 308 g/mol. The van der Waals surface area contributed by atoms with Crippen molar-refractivity contribution in [3.05, 3.63) is 48.2 Å². The average molecular weight is 308 g/mol. The lowest BCUT2D eigenvalue weighted by Crippen LogP contribution is -2.35. The molecule has 4 nitrogen and oxygen atoms in total. The SMILES string of the molecule is Nc1ccnc(N2CCC(C[C@H]3C[C@@H]3c3ccccc3)CC2)n1. The third kappa shape index (κ3) is 3.31. The van der Waals surface area contributed by atoms with Crippen LogP contribution in [0.5, 0.6) is 0 Å². The number of nitrogen functional groups attached to an aromatic ring is 1. The maximum Gasteiger partial charge on any atom is 0.227 e. The molecule has 2 N–H and O–H groups in total. The first kappa shape index (κ1) is 14.5. The van der Waals surface area contributed by atoms with Gasteiger partial charge in [0, 0.05) is 19.3 Å². The van der Waals surface area contributed by atoms with Crippen LogP contribution < -0.4 is 10.6 Å². The maximum atomic E-state index is 5.76. The van der Waals surface area contributed by atoms with Crippen LogP contribution in [0.15, 0.2) is 42.6 Å². The lowest BCUT2D eigenvalue weighted by Gasteiger charge is -2.32. The van der Waals surface area contributed by atoms with Crippen LogP contribution in [-0.2, 0) is 0 Å². The third-order valence-electron chi connectivity index (χ3n) is 5.35. The van der Waals surface area contributed by atoms with Crippen molar-refractivity contribution in [1.82, 2.24) is 9.97 Å². The molecule has 1 saturated carbocycles. The fourth-order valence-corrected chi connectivity index (χ4v) is 3.93. The van der Waals surface area contributed by atoms with Crippen molar-refractivity contribution in [3.63, 3.8) is 0 Å². The van der Waals surface area contributed by atoms with Gasteiger partial charge in [0.1, 0.15) is 5.82 Å². The predicted molar refractivity (Wildman–Crippen MR) is 93.3 cm³/mol. The van der Waals surface area contributed by atoms with Crippen molar-refractivity contribution >= 4 is 11.8 Å². The molecule has 2 fully saturated rings. The van der Waals surface area contributed by atoms with Gasteiger partial charge in [-0.25, -0.2) is 4.98 Å². The number of anilines is 2. The van der Waals surface area contributed by atoms with E-state index in [1.807, 2.05) is 0 Å². The fourth-order valence-electron chi connectivity index (χ4n) is 3.93. The molecule has 4 rings (SSSR count). The molecule has 1 saturated heterocycles. The van der Waals surface area contributed by atoms with E-state index in [1.54, 1.807) is 12.3 Å². The van der Waals surface area contributed by atoms with E-state index < -0.39 is 0 Å². The Morgan fingerprint density at radius 3 is 2.61 bits per heavy atom. The van der Waals surface area contributed by atoms with Gasteiger partial charge in [0.15, 0.2) is 0 Å². The summed E-state index contributed by atoms with van der Waals surface area (Å²) in [6, 6.07) is 12.7. The Bertz CT molecular complexity index is 649. The maximum absolute atomic E-state index is 5.76. The summed E-state index contributed by atoms with van der Waals surface area (Å²) in [5.41, 5.74) is 7.29. The molecule has 1 aromatic carbocycles. The highest BCUT2D eigenvalue weighted by Crippen LogP contribution is 2.51. The molecule has 1 aromatic heterocycles. The van der Waals surface area contributed by atoms with Gasteiger partial charge in [-0.3, -0.25) is 0 Å². The van der Waals surface area contributed by atoms with Crippen molar-refractivity contribution in [1.29, 1.82) is 0 Å². The highest BCUT2D eigenvalue weighted by Gasteiger charge is 2.39. The summed E-state index contributed by atoms with van der Waals surface area (Å²) < 4.78 is 0. The fraction of sp³-hybridized carbons (Fsp3) is 0.474. The average Bonchev–Trinajstić information content (AvgIpc) is 3.36. The predicted octanol–water partition coefficient (Wildman–Crippen LogP) is 3.47. The molecule has 1 aliphatic heterocycles. The summed E-state index contributed by atoms with van der Waals surface area (Å²) in [4.78, 5) is 11.0. The van der Waals surface area contributed by atoms with Gasteiger partial charge in [-0.15, -0.1) is 0 Å². The first-order chi connectivity index (χ1) is 11.3. The van der Waals surface area contributed by atoms with Crippen molar-refractivity contribution in [2.75, 3.05) is 23.7 Å². The minimum atomic E-state index is 0.556. The summed E-state index contributed by atoms with van der Waals surface area (Å²) in [6.07, 6.45) is 7.00. The lowest BCUT2D eigenvalue weighted by molar-refractivity contribution is 0.360. The summed E-state index contributed by atoms with van der Waals surface area (Å²) in [6.45, 7) is 2.10. The Morgan fingerprint density at radius 2 is 1.87 bits per heavy atom. The topological polar surface area (TPSA) is 55.0 Å². The molecule has 23 heavy (non-hydrogen) atoms. The summed E-state index contributed by atoms with van der Waals surface area (Å²) in [5, 5.41) is 0. The molecule has 2 aromatic rings. The smallest absolute Gasteiger partial charge is 0.227 e. The molecule has 2 aliphatic rings. The second-order valence-corrected chi connectivity index (χ2v) is 6.96. The van der Waals surface area contributed by atoms with Crippen molar-refractivity contribution in [2.45, 2.75) is 31.6 Å². The van der Waals surface area contributed by atoms with Gasteiger partial charge in [-0.2, -0.15) is 4.98 Å². The van der Waals surface area contributed by atoms with E-state index in [2.05, 4.69) is 45.2 Å². The molecule has 1 aliphatic carbocycles. The summed E-state index contributed by atoms with van der Waals surface area (Å²) in [5.74, 6) is 3.91. The number of hydrogen-bond donors (Lipinski definition) is 1. The molecule has 4 heteroatoms. The minimum Gasteiger partial charge on any atom is -0.384 e. The molecule has 0 radical (unpaired) electrons. The molecule has 0 spiro atoms. The van der Waals surface area contributed by atoms with E-state index in [0.717, 1.165) is 36.8 Å². The van der Waals surface area contributed by atoms with Gasteiger partial charge in [0.2, 0.25) is 5.95 Å². The molecule has 0 amide bonds. The number of piperidine rings is 1. The molecular formula is C19H24N4. The number of aromatic nitrogens is 2. The quantitative estimate of drug-likeness (QED) is 0.939. The minimum absolute atomic E-state index is 0.556.